The fraction of sp³-hybridized carbons (Fsp3) is 0.182. The maximum absolute atomic E-state index is 4.33. The van der Waals surface area contributed by atoms with Gasteiger partial charge in [0.15, 0.2) is 0 Å². The number of thioether (sulfide) groups is 1. The molecule has 0 saturated heterocycles. The number of rotatable bonds is 4. The van der Waals surface area contributed by atoms with E-state index in [1.165, 1.54) is 5.52 Å². The highest BCUT2D eigenvalue weighted by molar-refractivity contribution is 8.02. The van der Waals surface area contributed by atoms with E-state index < -0.39 is 0 Å². The third-order valence-corrected chi connectivity index (χ3v) is 2.75. The molecular formula is C11H12N2S. The number of imidazole rings is 1. The lowest BCUT2D eigenvalue weighted by molar-refractivity contribution is 0.797. The van der Waals surface area contributed by atoms with Crippen LogP contribution in [0.3, 0.4) is 0 Å². The molecule has 0 atom stereocenters. The molecule has 0 aliphatic heterocycles. The van der Waals surface area contributed by atoms with Crippen LogP contribution in [-0.4, -0.2) is 15.3 Å². The first-order valence-corrected chi connectivity index (χ1v) is 5.59. The summed E-state index contributed by atoms with van der Waals surface area (Å²) in [5, 5.41) is 1.87. The van der Waals surface area contributed by atoms with Crippen LogP contribution < -0.4 is 0 Å². The summed E-state index contributed by atoms with van der Waals surface area (Å²) in [6, 6.07) is 8.19. The number of fused-ring (bicyclic) bond motifs is 1. The Morgan fingerprint density at radius 1 is 1.43 bits per heavy atom. The first kappa shape index (κ1) is 9.34. The van der Waals surface area contributed by atoms with Crippen LogP contribution in [-0.2, 0) is 6.54 Å². The summed E-state index contributed by atoms with van der Waals surface area (Å²) in [5.41, 5.74) is 2.27. The van der Waals surface area contributed by atoms with Gasteiger partial charge in [0.05, 0.1) is 17.4 Å². The summed E-state index contributed by atoms with van der Waals surface area (Å²) >= 11 is 1.73. The Bertz CT molecular complexity index is 434. The zero-order valence-corrected chi connectivity index (χ0v) is 8.70. The molecule has 1 aromatic carbocycles. The average molecular weight is 204 g/mol. The minimum absolute atomic E-state index is 0.983. The number of hydrogen-bond acceptors (Lipinski definition) is 2. The normalized spacial score (nSPS) is 10.6. The number of aromatic nitrogens is 2. The highest BCUT2D eigenvalue weighted by atomic mass is 32.2. The van der Waals surface area contributed by atoms with Crippen molar-refractivity contribution in [1.29, 1.82) is 0 Å². The maximum Gasteiger partial charge on any atom is 0.0958 e. The second-order valence-electron chi connectivity index (χ2n) is 2.96. The Morgan fingerprint density at radius 3 is 3.14 bits per heavy atom. The number of benzene rings is 1. The highest BCUT2D eigenvalue weighted by Gasteiger charge is 1.99. The fourth-order valence-electron chi connectivity index (χ4n) is 1.42. The quantitative estimate of drug-likeness (QED) is 0.713. The molecule has 0 fully saturated rings. The monoisotopic (exact) mass is 204 g/mol. The molecule has 0 unspecified atom stereocenters. The van der Waals surface area contributed by atoms with E-state index in [4.69, 9.17) is 0 Å². The minimum Gasteiger partial charge on any atom is -0.330 e. The highest BCUT2D eigenvalue weighted by Crippen LogP contribution is 2.12. The van der Waals surface area contributed by atoms with Crippen LogP contribution in [0.4, 0.5) is 0 Å². The summed E-state index contributed by atoms with van der Waals surface area (Å²) in [7, 11) is 0. The lowest BCUT2D eigenvalue weighted by Crippen LogP contribution is -1.97. The molecule has 0 saturated carbocycles. The first-order chi connectivity index (χ1) is 6.92. The summed E-state index contributed by atoms with van der Waals surface area (Å²) in [6.07, 6.45) is 1.90. The standard InChI is InChI=1S/C11H12N2S/c1-2-14-8-7-13-9-12-10-5-3-4-6-11(10)13/h2-6,9H,1,7-8H2. The Hall–Kier alpha value is -1.22. The van der Waals surface area contributed by atoms with Gasteiger partial charge in [-0.05, 0) is 17.5 Å². The smallest absolute Gasteiger partial charge is 0.0958 e. The number of hydrogen-bond donors (Lipinski definition) is 0. The predicted octanol–water partition coefficient (Wildman–Crippen LogP) is 2.91. The molecule has 0 aliphatic rings. The summed E-state index contributed by atoms with van der Waals surface area (Å²) in [5.74, 6) is 1.05. The Morgan fingerprint density at radius 2 is 2.29 bits per heavy atom. The molecule has 14 heavy (non-hydrogen) atoms. The van der Waals surface area contributed by atoms with Crippen molar-refractivity contribution in [2.45, 2.75) is 6.54 Å². The molecule has 3 heteroatoms. The summed E-state index contributed by atoms with van der Waals surface area (Å²) < 4.78 is 2.17. The van der Waals surface area contributed by atoms with Gasteiger partial charge < -0.3 is 4.57 Å². The van der Waals surface area contributed by atoms with Crippen molar-refractivity contribution in [2.24, 2.45) is 0 Å². The molecule has 0 radical (unpaired) electrons. The van der Waals surface area contributed by atoms with Gasteiger partial charge in [-0.3, -0.25) is 0 Å². The van der Waals surface area contributed by atoms with Gasteiger partial charge in [0.1, 0.15) is 0 Å². The lowest BCUT2D eigenvalue weighted by Gasteiger charge is -2.01. The summed E-state index contributed by atoms with van der Waals surface area (Å²) in [4.78, 5) is 4.33. The van der Waals surface area contributed by atoms with Crippen LogP contribution in [0.25, 0.3) is 11.0 Å². The fourth-order valence-corrected chi connectivity index (χ4v) is 1.89. The Kier molecular flexibility index (Phi) is 2.89. The van der Waals surface area contributed by atoms with E-state index in [1.54, 1.807) is 11.8 Å². The van der Waals surface area contributed by atoms with Gasteiger partial charge in [-0.1, -0.05) is 18.7 Å². The van der Waals surface area contributed by atoms with Crippen molar-refractivity contribution in [1.82, 2.24) is 9.55 Å². The number of nitrogens with zero attached hydrogens (tertiary/aromatic N) is 2. The maximum atomic E-state index is 4.33. The molecule has 2 aromatic rings. The van der Waals surface area contributed by atoms with Gasteiger partial charge >= 0.3 is 0 Å². The largest absolute Gasteiger partial charge is 0.330 e. The second kappa shape index (κ2) is 4.33. The SMILES string of the molecule is C=CSCCn1cnc2ccccc21. The lowest BCUT2D eigenvalue weighted by atomic mass is 10.3. The predicted molar refractivity (Wildman–Crippen MR) is 62.4 cm³/mol. The molecule has 0 N–H and O–H groups in total. The average Bonchev–Trinajstić information content (AvgIpc) is 2.63. The van der Waals surface area contributed by atoms with Gasteiger partial charge in [0.25, 0.3) is 0 Å². The zero-order chi connectivity index (χ0) is 9.80. The molecule has 1 aromatic heterocycles. The van der Waals surface area contributed by atoms with Gasteiger partial charge in [-0.15, -0.1) is 11.8 Å². The van der Waals surface area contributed by atoms with Crippen LogP contribution in [0.1, 0.15) is 0 Å². The van der Waals surface area contributed by atoms with Crippen LogP contribution in [0, 0.1) is 0 Å². The number of aryl methyl sites for hydroxylation is 1. The van der Waals surface area contributed by atoms with E-state index in [9.17, 15) is 0 Å². The Balaban J connectivity index is 2.20. The third kappa shape index (κ3) is 1.82. The van der Waals surface area contributed by atoms with Crippen molar-refractivity contribution < 1.29 is 0 Å². The molecular weight excluding hydrogens is 192 g/mol. The molecule has 0 spiro atoms. The van der Waals surface area contributed by atoms with Crippen molar-refractivity contribution >= 4 is 22.8 Å². The molecule has 0 bridgehead atoms. The van der Waals surface area contributed by atoms with Crippen LogP contribution in [0.2, 0.25) is 0 Å². The van der Waals surface area contributed by atoms with Gasteiger partial charge in [0, 0.05) is 12.3 Å². The minimum atomic E-state index is 0.983. The van der Waals surface area contributed by atoms with E-state index in [-0.39, 0.29) is 0 Å². The van der Waals surface area contributed by atoms with Crippen molar-refractivity contribution in [3.63, 3.8) is 0 Å². The van der Waals surface area contributed by atoms with Gasteiger partial charge in [-0.25, -0.2) is 4.98 Å². The topological polar surface area (TPSA) is 17.8 Å². The summed E-state index contributed by atoms with van der Waals surface area (Å²) in [6.45, 7) is 4.66. The van der Waals surface area contributed by atoms with Gasteiger partial charge in [0.2, 0.25) is 0 Å². The van der Waals surface area contributed by atoms with Crippen molar-refractivity contribution in [2.75, 3.05) is 5.75 Å². The van der Waals surface area contributed by atoms with Gasteiger partial charge in [-0.2, -0.15) is 0 Å². The molecule has 2 nitrogen and oxygen atoms in total. The molecule has 72 valence electrons. The van der Waals surface area contributed by atoms with E-state index >= 15 is 0 Å². The van der Waals surface area contributed by atoms with E-state index in [2.05, 4.69) is 22.2 Å². The van der Waals surface area contributed by atoms with Crippen molar-refractivity contribution in [3.8, 4) is 0 Å². The first-order valence-electron chi connectivity index (χ1n) is 4.54. The van der Waals surface area contributed by atoms with E-state index in [0.717, 1.165) is 17.8 Å². The van der Waals surface area contributed by atoms with Crippen LogP contribution >= 0.6 is 11.8 Å². The molecule has 0 aliphatic carbocycles. The van der Waals surface area contributed by atoms with E-state index in [0.29, 0.717) is 0 Å². The number of para-hydroxylation sites is 2. The third-order valence-electron chi connectivity index (χ3n) is 2.10. The second-order valence-corrected chi connectivity index (χ2v) is 4.04. The Labute approximate surface area is 87.6 Å². The molecule has 2 rings (SSSR count). The molecule has 0 amide bonds. The molecule has 1 heterocycles. The van der Waals surface area contributed by atoms with Crippen LogP contribution in [0.5, 0.6) is 0 Å². The zero-order valence-electron chi connectivity index (χ0n) is 7.89. The van der Waals surface area contributed by atoms with Crippen LogP contribution in [0.15, 0.2) is 42.6 Å². The van der Waals surface area contributed by atoms with E-state index in [1.807, 2.05) is 29.9 Å². The van der Waals surface area contributed by atoms with Crippen molar-refractivity contribution in [3.05, 3.63) is 42.6 Å².